The van der Waals surface area contributed by atoms with Crippen molar-refractivity contribution in [3.63, 3.8) is 0 Å². The molecule has 1 fully saturated rings. The van der Waals surface area contributed by atoms with E-state index in [-0.39, 0.29) is 0 Å². The van der Waals surface area contributed by atoms with Crippen LogP contribution < -0.4 is 0 Å². The van der Waals surface area contributed by atoms with Crippen molar-refractivity contribution >= 4 is 5.57 Å². The van der Waals surface area contributed by atoms with Gasteiger partial charge in [0.25, 0.3) is 0 Å². The highest BCUT2D eigenvalue weighted by molar-refractivity contribution is 5.84. The molecule has 0 spiro atoms. The highest BCUT2D eigenvalue weighted by Crippen LogP contribution is 2.48. The lowest BCUT2D eigenvalue weighted by molar-refractivity contribution is 0.685. The lowest BCUT2D eigenvalue weighted by Crippen LogP contribution is -2.07. The third-order valence-electron chi connectivity index (χ3n) is 5.13. The summed E-state index contributed by atoms with van der Waals surface area (Å²) in [6, 6.07) is 11.0. The number of hydrogen-bond acceptors (Lipinski definition) is 0. The largest absolute Gasteiger partial charge is 0.0661 e. The summed E-state index contributed by atoms with van der Waals surface area (Å²) in [7, 11) is 0. The molecule has 0 amide bonds. The summed E-state index contributed by atoms with van der Waals surface area (Å²) in [6.45, 7) is 9.36. The smallest absolute Gasteiger partial charge is 0.00195 e. The summed E-state index contributed by atoms with van der Waals surface area (Å²) in [5, 5.41) is 0. The fourth-order valence-corrected chi connectivity index (χ4v) is 3.97. The van der Waals surface area contributed by atoms with Crippen LogP contribution in [0.2, 0.25) is 0 Å². The molecule has 2 aliphatic rings. The highest BCUT2D eigenvalue weighted by Gasteiger charge is 2.33. The van der Waals surface area contributed by atoms with Crippen LogP contribution >= 0.6 is 0 Å². The molecule has 110 valence electrons. The van der Waals surface area contributed by atoms with Gasteiger partial charge < -0.3 is 0 Å². The van der Waals surface area contributed by atoms with E-state index in [9.17, 15) is 0 Å². The molecule has 0 N–H and O–H groups in total. The maximum absolute atomic E-state index is 2.41. The Morgan fingerprint density at radius 3 is 2.38 bits per heavy atom. The van der Waals surface area contributed by atoms with E-state index in [1.54, 1.807) is 11.1 Å². The molecule has 0 bridgehead atoms. The zero-order valence-electron chi connectivity index (χ0n) is 13.7. The van der Waals surface area contributed by atoms with Gasteiger partial charge in [0.1, 0.15) is 0 Å². The monoisotopic (exact) mass is 278 g/mol. The van der Waals surface area contributed by atoms with Gasteiger partial charge in [-0.15, -0.1) is 0 Å². The number of fused-ring (bicyclic) bond motifs is 1. The minimum atomic E-state index is 0.559. The van der Waals surface area contributed by atoms with Gasteiger partial charge in [0.05, 0.1) is 0 Å². The molecule has 2 unspecified atom stereocenters. The number of allylic oxidation sites excluding steroid dienone is 6. The van der Waals surface area contributed by atoms with E-state index in [0.29, 0.717) is 17.8 Å². The van der Waals surface area contributed by atoms with Crippen LogP contribution in [0, 0.1) is 17.8 Å². The Morgan fingerprint density at radius 2 is 1.71 bits per heavy atom. The summed E-state index contributed by atoms with van der Waals surface area (Å²) < 4.78 is 0. The second-order valence-electron chi connectivity index (χ2n) is 6.91. The van der Waals surface area contributed by atoms with E-state index in [4.69, 9.17) is 0 Å². The number of hydrogen-bond donors (Lipinski definition) is 0. The Kier molecular flexibility index (Phi) is 3.89. The van der Waals surface area contributed by atoms with Crippen molar-refractivity contribution in [3.8, 4) is 0 Å². The Labute approximate surface area is 129 Å². The molecule has 0 saturated heterocycles. The van der Waals surface area contributed by atoms with E-state index in [0.717, 1.165) is 0 Å². The van der Waals surface area contributed by atoms with Crippen LogP contribution in [0.1, 0.15) is 46.1 Å². The van der Waals surface area contributed by atoms with Gasteiger partial charge in [0.15, 0.2) is 0 Å². The van der Waals surface area contributed by atoms with Crippen LogP contribution in [-0.2, 0) is 0 Å². The molecule has 1 aromatic rings. The first kappa shape index (κ1) is 14.4. The first-order chi connectivity index (χ1) is 10.1. The van der Waals surface area contributed by atoms with Gasteiger partial charge in [0.2, 0.25) is 0 Å². The third kappa shape index (κ3) is 2.52. The third-order valence-corrected chi connectivity index (χ3v) is 5.13. The van der Waals surface area contributed by atoms with E-state index < -0.39 is 0 Å². The zero-order chi connectivity index (χ0) is 15.0. The molecule has 0 heteroatoms. The van der Waals surface area contributed by atoms with Gasteiger partial charge in [-0.05, 0) is 48.3 Å². The summed E-state index contributed by atoms with van der Waals surface area (Å²) in [5.74, 6) is 1.92. The molecule has 2 atom stereocenters. The first-order valence-electron chi connectivity index (χ1n) is 8.27. The van der Waals surface area contributed by atoms with Crippen molar-refractivity contribution in [2.75, 3.05) is 0 Å². The molecule has 0 heterocycles. The van der Waals surface area contributed by atoms with Crippen molar-refractivity contribution in [2.45, 2.75) is 40.5 Å². The fourth-order valence-electron chi connectivity index (χ4n) is 3.97. The number of benzene rings is 1. The van der Waals surface area contributed by atoms with E-state index in [1.807, 2.05) is 0 Å². The topological polar surface area (TPSA) is 0 Å². The van der Waals surface area contributed by atoms with Crippen LogP contribution in [0.15, 0.2) is 59.2 Å². The Bertz CT molecular complexity index is 611. The SMILES string of the molecule is CC1=CC=C(C(C)C)C(c2ccccc2)=C2C(C)CCC12. The van der Waals surface area contributed by atoms with Crippen molar-refractivity contribution in [1.82, 2.24) is 0 Å². The molecule has 0 aromatic heterocycles. The molecule has 0 radical (unpaired) electrons. The normalized spacial score (nSPS) is 25.6. The van der Waals surface area contributed by atoms with Crippen molar-refractivity contribution in [2.24, 2.45) is 17.8 Å². The maximum Gasteiger partial charge on any atom is 0.00195 e. The lowest BCUT2D eigenvalue weighted by atomic mass is 9.81. The lowest BCUT2D eigenvalue weighted by Gasteiger charge is -2.23. The molecular formula is C21H26. The average Bonchev–Trinajstić information content (AvgIpc) is 2.77. The first-order valence-corrected chi connectivity index (χ1v) is 8.27. The molecule has 0 aliphatic heterocycles. The van der Waals surface area contributed by atoms with Crippen molar-refractivity contribution in [1.29, 1.82) is 0 Å². The summed E-state index contributed by atoms with van der Waals surface area (Å²) >= 11 is 0. The second kappa shape index (κ2) is 5.67. The van der Waals surface area contributed by atoms with E-state index in [1.165, 1.54) is 29.6 Å². The molecule has 1 aromatic carbocycles. The maximum atomic E-state index is 2.41. The van der Waals surface area contributed by atoms with Gasteiger partial charge in [-0.3, -0.25) is 0 Å². The summed E-state index contributed by atoms with van der Waals surface area (Å²) in [4.78, 5) is 0. The van der Waals surface area contributed by atoms with Crippen molar-refractivity contribution < 1.29 is 0 Å². The van der Waals surface area contributed by atoms with Crippen LogP contribution in [-0.4, -0.2) is 0 Å². The summed E-state index contributed by atoms with van der Waals surface area (Å²) in [5.41, 5.74) is 7.67. The Balaban J connectivity index is 2.26. The molecule has 2 aliphatic carbocycles. The predicted molar refractivity (Wildman–Crippen MR) is 91.9 cm³/mol. The zero-order valence-corrected chi connectivity index (χ0v) is 13.7. The minimum Gasteiger partial charge on any atom is -0.0661 e. The fraction of sp³-hybridized carbons (Fsp3) is 0.429. The number of rotatable bonds is 2. The predicted octanol–water partition coefficient (Wildman–Crippen LogP) is 6.03. The molecule has 0 nitrogen and oxygen atoms in total. The van der Waals surface area contributed by atoms with Gasteiger partial charge in [0, 0.05) is 5.92 Å². The van der Waals surface area contributed by atoms with Crippen LogP contribution in [0.25, 0.3) is 5.57 Å². The molecule has 1 saturated carbocycles. The van der Waals surface area contributed by atoms with E-state index in [2.05, 4.69) is 70.2 Å². The van der Waals surface area contributed by atoms with Crippen LogP contribution in [0.5, 0.6) is 0 Å². The van der Waals surface area contributed by atoms with Gasteiger partial charge in [-0.2, -0.15) is 0 Å². The van der Waals surface area contributed by atoms with Crippen LogP contribution in [0.4, 0.5) is 0 Å². The quantitative estimate of drug-likeness (QED) is 0.619. The Hall–Kier alpha value is -1.56. The van der Waals surface area contributed by atoms with Gasteiger partial charge in [-0.1, -0.05) is 74.4 Å². The van der Waals surface area contributed by atoms with E-state index >= 15 is 0 Å². The molecular weight excluding hydrogens is 252 g/mol. The standard InChI is InChI=1S/C21H26/c1-14(2)18-12-10-15(3)19-13-11-16(4)20(19)21(18)17-8-6-5-7-9-17/h5-10,12,14,16,19H,11,13H2,1-4H3. The average molecular weight is 278 g/mol. The molecule has 3 rings (SSSR count). The summed E-state index contributed by atoms with van der Waals surface area (Å²) in [6.07, 6.45) is 7.38. The minimum absolute atomic E-state index is 0.559. The van der Waals surface area contributed by atoms with Gasteiger partial charge >= 0.3 is 0 Å². The van der Waals surface area contributed by atoms with Crippen LogP contribution in [0.3, 0.4) is 0 Å². The highest BCUT2D eigenvalue weighted by atomic mass is 14.4. The van der Waals surface area contributed by atoms with Gasteiger partial charge in [-0.25, -0.2) is 0 Å². The van der Waals surface area contributed by atoms with Crippen molar-refractivity contribution in [3.05, 3.63) is 64.8 Å². The second-order valence-corrected chi connectivity index (χ2v) is 6.91. The molecule has 21 heavy (non-hydrogen) atoms. The Morgan fingerprint density at radius 1 is 1.00 bits per heavy atom.